The van der Waals surface area contributed by atoms with E-state index >= 15 is 0 Å². The number of likely N-dealkylation sites (tertiary alicyclic amines) is 1. The molecule has 2 heterocycles. The van der Waals surface area contributed by atoms with Crippen molar-refractivity contribution in [2.45, 2.75) is 69.5 Å². The molecule has 1 saturated heterocycles. The van der Waals surface area contributed by atoms with Gasteiger partial charge < -0.3 is 15.2 Å². The Morgan fingerprint density at radius 2 is 1.97 bits per heavy atom. The highest BCUT2D eigenvalue weighted by Crippen LogP contribution is 2.50. The zero-order valence-corrected chi connectivity index (χ0v) is 17.6. The second kappa shape index (κ2) is 8.02. The van der Waals surface area contributed by atoms with E-state index in [0.29, 0.717) is 17.8 Å². The third kappa shape index (κ3) is 3.83. The molecule has 7 heteroatoms. The highest BCUT2D eigenvalue weighted by atomic mass is 16.5. The highest BCUT2D eigenvalue weighted by Gasteiger charge is 2.57. The summed E-state index contributed by atoms with van der Waals surface area (Å²) in [4.78, 5) is 19.7. The van der Waals surface area contributed by atoms with Gasteiger partial charge in [0.05, 0.1) is 5.41 Å². The standard InChI is InChI=1S/C23H31N5O2/c1-16-24-21(30-27-16)23-12-20(26-22(29)25-19-9-5-6-10-19)11-18(23)14-28(15-23)13-17-7-3-2-4-8-17/h2-4,7-8,18-20H,5-6,9-15H2,1H3,(H2,25,26,29)/t18-,20+,23-/m0/s1. The van der Waals surface area contributed by atoms with Crippen molar-refractivity contribution < 1.29 is 9.32 Å². The summed E-state index contributed by atoms with van der Waals surface area (Å²) < 4.78 is 5.70. The van der Waals surface area contributed by atoms with Crippen molar-refractivity contribution in [2.24, 2.45) is 5.92 Å². The molecule has 1 aromatic heterocycles. The van der Waals surface area contributed by atoms with E-state index in [1.54, 1.807) is 0 Å². The van der Waals surface area contributed by atoms with E-state index in [4.69, 9.17) is 4.52 Å². The molecule has 2 saturated carbocycles. The molecule has 3 fully saturated rings. The molecule has 7 nitrogen and oxygen atoms in total. The summed E-state index contributed by atoms with van der Waals surface area (Å²) in [5.74, 6) is 1.81. The van der Waals surface area contributed by atoms with Crippen molar-refractivity contribution in [3.63, 3.8) is 0 Å². The predicted molar refractivity (Wildman–Crippen MR) is 113 cm³/mol. The minimum atomic E-state index is -0.179. The molecule has 2 aliphatic carbocycles. The van der Waals surface area contributed by atoms with Crippen LogP contribution in [-0.2, 0) is 12.0 Å². The van der Waals surface area contributed by atoms with E-state index in [9.17, 15) is 4.79 Å². The van der Waals surface area contributed by atoms with Crippen LogP contribution in [0.25, 0.3) is 0 Å². The smallest absolute Gasteiger partial charge is 0.315 e. The number of urea groups is 1. The third-order valence-electron chi connectivity index (χ3n) is 7.17. The fourth-order valence-corrected chi connectivity index (χ4v) is 5.86. The van der Waals surface area contributed by atoms with Gasteiger partial charge in [-0.1, -0.05) is 48.3 Å². The first-order valence-electron chi connectivity index (χ1n) is 11.2. The molecule has 2 N–H and O–H groups in total. The first kappa shape index (κ1) is 19.5. The number of aromatic nitrogens is 2. The van der Waals surface area contributed by atoms with E-state index in [1.165, 1.54) is 18.4 Å². The number of fused-ring (bicyclic) bond motifs is 1. The lowest BCUT2D eigenvalue weighted by Gasteiger charge is -2.26. The Labute approximate surface area is 177 Å². The van der Waals surface area contributed by atoms with Gasteiger partial charge >= 0.3 is 6.03 Å². The topological polar surface area (TPSA) is 83.3 Å². The normalized spacial score (nSPS) is 29.2. The number of hydrogen-bond donors (Lipinski definition) is 2. The summed E-state index contributed by atoms with van der Waals surface area (Å²) in [7, 11) is 0. The lowest BCUT2D eigenvalue weighted by molar-refractivity contribution is 0.225. The van der Waals surface area contributed by atoms with Gasteiger partial charge in [-0.15, -0.1) is 0 Å². The molecule has 0 spiro atoms. The van der Waals surface area contributed by atoms with Gasteiger partial charge in [-0.2, -0.15) is 4.98 Å². The van der Waals surface area contributed by atoms with E-state index in [0.717, 1.165) is 51.2 Å². The zero-order valence-electron chi connectivity index (χ0n) is 17.6. The highest BCUT2D eigenvalue weighted by molar-refractivity contribution is 5.74. The molecule has 1 aromatic carbocycles. The lowest BCUT2D eigenvalue weighted by Crippen LogP contribution is -2.45. The number of carbonyl (C=O) groups is 1. The number of nitrogens with zero attached hydrogens (tertiary/aromatic N) is 3. The van der Waals surface area contributed by atoms with Crippen LogP contribution in [0, 0.1) is 12.8 Å². The van der Waals surface area contributed by atoms with Gasteiger partial charge in [0.15, 0.2) is 5.82 Å². The summed E-state index contributed by atoms with van der Waals surface area (Å²) in [5, 5.41) is 10.5. The second-order valence-electron chi connectivity index (χ2n) is 9.39. The minimum absolute atomic E-state index is 0.0233. The van der Waals surface area contributed by atoms with Crippen molar-refractivity contribution in [1.82, 2.24) is 25.7 Å². The monoisotopic (exact) mass is 409 g/mol. The summed E-state index contributed by atoms with van der Waals surface area (Å²) in [6, 6.07) is 11.0. The Morgan fingerprint density at radius 3 is 2.70 bits per heavy atom. The van der Waals surface area contributed by atoms with Crippen LogP contribution in [0.5, 0.6) is 0 Å². The summed E-state index contributed by atoms with van der Waals surface area (Å²) in [6.45, 7) is 4.66. The Morgan fingerprint density at radius 1 is 1.20 bits per heavy atom. The average molecular weight is 410 g/mol. The largest absolute Gasteiger partial charge is 0.339 e. The number of rotatable bonds is 5. The zero-order chi connectivity index (χ0) is 20.6. The Hall–Kier alpha value is -2.41. The molecule has 0 radical (unpaired) electrons. The van der Waals surface area contributed by atoms with Crippen LogP contribution in [0.4, 0.5) is 4.79 Å². The molecule has 0 bridgehead atoms. The number of benzene rings is 1. The second-order valence-corrected chi connectivity index (χ2v) is 9.39. The summed E-state index contributed by atoms with van der Waals surface area (Å²) in [5.41, 5.74) is 1.14. The molecule has 2 amide bonds. The van der Waals surface area contributed by atoms with Crippen molar-refractivity contribution >= 4 is 6.03 Å². The van der Waals surface area contributed by atoms with Crippen molar-refractivity contribution in [1.29, 1.82) is 0 Å². The number of carbonyl (C=O) groups excluding carboxylic acids is 1. The van der Waals surface area contributed by atoms with E-state index in [1.807, 2.05) is 6.92 Å². The van der Waals surface area contributed by atoms with Crippen molar-refractivity contribution in [3.05, 3.63) is 47.6 Å². The molecule has 30 heavy (non-hydrogen) atoms. The molecule has 3 aliphatic rings. The van der Waals surface area contributed by atoms with E-state index < -0.39 is 0 Å². The van der Waals surface area contributed by atoms with Gasteiger partial charge in [-0.3, -0.25) is 4.90 Å². The molecule has 0 unspecified atom stereocenters. The van der Waals surface area contributed by atoms with Gasteiger partial charge in [0.1, 0.15) is 0 Å². The number of hydrogen-bond acceptors (Lipinski definition) is 5. The van der Waals surface area contributed by atoms with Gasteiger partial charge in [0, 0.05) is 31.7 Å². The van der Waals surface area contributed by atoms with Crippen LogP contribution < -0.4 is 10.6 Å². The van der Waals surface area contributed by atoms with Gasteiger partial charge in [0.2, 0.25) is 5.89 Å². The van der Waals surface area contributed by atoms with Crippen LogP contribution in [0.2, 0.25) is 0 Å². The fourth-order valence-electron chi connectivity index (χ4n) is 5.86. The molecule has 2 aromatic rings. The Bertz CT molecular complexity index is 879. The maximum absolute atomic E-state index is 12.5. The first-order chi connectivity index (χ1) is 14.6. The first-order valence-corrected chi connectivity index (χ1v) is 11.2. The molecule has 5 rings (SSSR count). The van der Waals surface area contributed by atoms with Crippen LogP contribution >= 0.6 is 0 Å². The van der Waals surface area contributed by atoms with Gasteiger partial charge in [-0.05, 0) is 44.1 Å². The summed E-state index contributed by atoms with van der Waals surface area (Å²) >= 11 is 0. The Kier molecular flexibility index (Phi) is 5.23. The molecular weight excluding hydrogens is 378 g/mol. The van der Waals surface area contributed by atoms with Gasteiger partial charge in [-0.25, -0.2) is 4.79 Å². The number of aryl methyl sites for hydroxylation is 1. The molecule has 3 atom stereocenters. The van der Waals surface area contributed by atoms with Crippen LogP contribution in [-0.4, -0.2) is 46.2 Å². The molecule has 1 aliphatic heterocycles. The number of amides is 2. The minimum Gasteiger partial charge on any atom is -0.339 e. The quantitative estimate of drug-likeness (QED) is 0.793. The maximum Gasteiger partial charge on any atom is 0.315 e. The number of nitrogens with one attached hydrogen (secondary N) is 2. The Balaban J connectivity index is 1.29. The molecule has 160 valence electrons. The average Bonchev–Trinajstić information content (AvgIpc) is 3.48. The predicted octanol–water partition coefficient (Wildman–Crippen LogP) is 3.15. The lowest BCUT2D eigenvalue weighted by atomic mass is 9.80. The van der Waals surface area contributed by atoms with Crippen molar-refractivity contribution in [2.75, 3.05) is 13.1 Å². The van der Waals surface area contributed by atoms with Crippen molar-refractivity contribution in [3.8, 4) is 0 Å². The fraction of sp³-hybridized carbons (Fsp3) is 0.609. The van der Waals surface area contributed by atoms with Gasteiger partial charge in [0.25, 0.3) is 0 Å². The van der Waals surface area contributed by atoms with Crippen LogP contribution in [0.15, 0.2) is 34.9 Å². The summed E-state index contributed by atoms with van der Waals surface area (Å²) in [6.07, 6.45) is 6.43. The SMILES string of the molecule is Cc1noc([C@]23C[C@H](NC(=O)NC4CCCC4)C[C@H]2CN(Cc2ccccc2)C3)n1. The van der Waals surface area contributed by atoms with Crippen LogP contribution in [0.1, 0.15) is 55.8 Å². The van der Waals surface area contributed by atoms with Crippen LogP contribution in [0.3, 0.4) is 0 Å². The van der Waals surface area contributed by atoms with E-state index in [2.05, 4.69) is 56.0 Å². The third-order valence-corrected chi connectivity index (χ3v) is 7.17. The van der Waals surface area contributed by atoms with E-state index in [-0.39, 0.29) is 17.5 Å². The maximum atomic E-state index is 12.5. The molecular formula is C23H31N5O2.